The first-order chi connectivity index (χ1) is 11.8. The number of benzene rings is 1. The molecule has 0 bridgehead atoms. The molecule has 25 heavy (non-hydrogen) atoms. The Hall–Kier alpha value is -1.70. The van der Waals surface area contributed by atoms with Crippen molar-refractivity contribution in [2.75, 3.05) is 20.2 Å². The minimum Gasteiger partial charge on any atom is -0.497 e. The van der Waals surface area contributed by atoms with Gasteiger partial charge < -0.3 is 19.8 Å². The predicted octanol–water partition coefficient (Wildman–Crippen LogP) is 3.98. The van der Waals surface area contributed by atoms with Crippen LogP contribution >= 0.6 is 24.0 Å². The standard InChI is InChI=1S/C19H27N3O2.HI/c1-3-4-11-20-19(21-12-10-17-9-6-13-24-17)22-15-16-7-5-8-18(14-16)23-2;/h5-9,13-14H,3-4,10-12,15H2,1-2H3,(H2,20,21,22);1H. The van der Waals surface area contributed by atoms with E-state index in [-0.39, 0.29) is 24.0 Å². The molecule has 0 saturated heterocycles. The van der Waals surface area contributed by atoms with Crippen molar-refractivity contribution < 1.29 is 9.15 Å². The lowest BCUT2D eigenvalue weighted by molar-refractivity contribution is 0.414. The van der Waals surface area contributed by atoms with E-state index in [0.717, 1.165) is 55.4 Å². The highest BCUT2D eigenvalue weighted by atomic mass is 127. The highest BCUT2D eigenvalue weighted by Gasteiger charge is 2.01. The number of guanidine groups is 1. The van der Waals surface area contributed by atoms with Gasteiger partial charge >= 0.3 is 0 Å². The fraction of sp³-hybridized carbons (Fsp3) is 0.421. The largest absolute Gasteiger partial charge is 0.497 e. The van der Waals surface area contributed by atoms with Crippen LogP contribution in [0.1, 0.15) is 31.1 Å². The monoisotopic (exact) mass is 457 g/mol. The van der Waals surface area contributed by atoms with E-state index >= 15 is 0 Å². The summed E-state index contributed by atoms with van der Waals surface area (Å²) in [6.07, 6.45) is 4.81. The number of methoxy groups -OCH3 is 1. The molecule has 0 spiro atoms. The SMILES string of the molecule is CCCCNC(=NCc1cccc(OC)c1)NCCc1ccco1.I. The molecule has 1 aromatic carbocycles. The number of nitrogens with zero attached hydrogens (tertiary/aromatic N) is 1. The van der Waals surface area contributed by atoms with Crippen LogP contribution in [0.3, 0.4) is 0 Å². The van der Waals surface area contributed by atoms with Crippen LogP contribution in [0.2, 0.25) is 0 Å². The van der Waals surface area contributed by atoms with Gasteiger partial charge in [-0.15, -0.1) is 24.0 Å². The summed E-state index contributed by atoms with van der Waals surface area (Å²) in [4.78, 5) is 4.67. The summed E-state index contributed by atoms with van der Waals surface area (Å²) in [6, 6.07) is 11.9. The third-order valence-corrected chi connectivity index (χ3v) is 3.62. The Morgan fingerprint density at radius 1 is 1.16 bits per heavy atom. The number of aliphatic imine (C=N–C) groups is 1. The van der Waals surface area contributed by atoms with E-state index in [4.69, 9.17) is 9.15 Å². The Balaban J connectivity index is 0.00000312. The van der Waals surface area contributed by atoms with Crippen molar-refractivity contribution in [3.05, 3.63) is 54.0 Å². The van der Waals surface area contributed by atoms with Crippen LogP contribution in [-0.2, 0) is 13.0 Å². The van der Waals surface area contributed by atoms with Crippen molar-refractivity contribution in [3.63, 3.8) is 0 Å². The Kier molecular flexibility index (Phi) is 10.8. The number of halogens is 1. The van der Waals surface area contributed by atoms with Crippen LogP contribution < -0.4 is 15.4 Å². The van der Waals surface area contributed by atoms with Gasteiger partial charge in [0.2, 0.25) is 0 Å². The zero-order valence-electron chi connectivity index (χ0n) is 15.0. The molecule has 0 fully saturated rings. The van der Waals surface area contributed by atoms with Crippen molar-refractivity contribution >= 4 is 29.9 Å². The van der Waals surface area contributed by atoms with Crippen LogP contribution in [0.25, 0.3) is 0 Å². The fourth-order valence-corrected chi connectivity index (χ4v) is 2.26. The number of hydrogen-bond acceptors (Lipinski definition) is 3. The number of furan rings is 1. The summed E-state index contributed by atoms with van der Waals surface area (Å²) < 4.78 is 10.6. The molecule has 5 nitrogen and oxygen atoms in total. The number of ether oxygens (including phenoxy) is 1. The molecule has 1 aromatic heterocycles. The first-order valence-corrected chi connectivity index (χ1v) is 8.49. The second kappa shape index (κ2) is 12.6. The molecule has 2 aromatic rings. The van der Waals surface area contributed by atoms with Crippen LogP contribution in [-0.4, -0.2) is 26.2 Å². The van der Waals surface area contributed by atoms with Crippen LogP contribution in [0.4, 0.5) is 0 Å². The molecule has 0 atom stereocenters. The molecule has 0 unspecified atom stereocenters. The van der Waals surface area contributed by atoms with Gasteiger partial charge in [-0.3, -0.25) is 0 Å². The number of unbranched alkanes of at least 4 members (excludes halogenated alkanes) is 1. The van der Waals surface area contributed by atoms with E-state index in [1.165, 1.54) is 0 Å². The molecule has 0 saturated carbocycles. The van der Waals surface area contributed by atoms with Gasteiger partial charge in [0.25, 0.3) is 0 Å². The van der Waals surface area contributed by atoms with E-state index in [1.807, 2.05) is 30.3 Å². The second-order valence-electron chi connectivity index (χ2n) is 5.55. The minimum absolute atomic E-state index is 0. The normalized spacial score (nSPS) is 10.9. The Labute approximate surface area is 167 Å². The molecule has 0 amide bonds. The van der Waals surface area contributed by atoms with Crippen LogP contribution in [0.5, 0.6) is 5.75 Å². The lowest BCUT2D eigenvalue weighted by Gasteiger charge is -2.12. The molecule has 1 heterocycles. The zero-order chi connectivity index (χ0) is 17.0. The quantitative estimate of drug-likeness (QED) is 0.259. The number of nitrogens with one attached hydrogen (secondary N) is 2. The molecular formula is C19H28IN3O2. The van der Waals surface area contributed by atoms with Crippen molar-refractivity contribution in [1.82, 2.24) is 10.6 Å². The molecule has 138 valence electrons. The van der Waals surface area contributed by atoms with Gasteiger partial charge in [-0.25, -0.2) is 4.99 Å². The van der Waals surface area contributed by atoms with Gasteiger partial charge in [0, 0.05) is 19.5 Å². The van der Waals surface area contributed by atoms with Gasteiger partial charge in [0.1, 0.15) is 11.5 Å². The summed E-state index contributed by atoms with van der Waals surface area (Å²) >= 11 is 0. The minimum atomic E-state index is 0. The molecule has 0 aliphatic carbocycles. The first-order valence-electron chi connectivity index (χ1n) is 8.49. The molecule has 2 N–H and O–H groups in total. The van der Waals surface area contributed by atoms with Crippen LogP contribution in [0.15, 0.2) is 52.1 Å². The third-order valence-electron chi connectivity index (χ3n) is 3.62. The second-order valence-corrected chi connectivity index (χ2v) is 5.55. The maximum absolute atomic E-state index is 5.35. The number of rotatable bonds is 9. The van der Waals surface area contributed by atoms with Gasteiger partial charge in [-0.05, 0) is 36.2 Å². The Bertz CT molecular complexity index is 615. The molecule has 0 aliphatic rings. The van der Waals surface area contributed by atoms with E-state index < -0.39 is 0 Å². The van der Waals surface area contributed by atoms with Crippen molar-refractivity contribution in [1.29, 1.82) is 0 Å². The lowest BCUT2D eigenvalue weighted by atomic mass is 10.2. The maximum Gasteiger partial charge on any atom is 0.191 e. The summed E-state index contributed by atoms with van der Waals surface area (Å²) in [5.41, 5.74) is 1.12. The number of hydrogen-bond donors (Lipinski definition) is 2. The summed E-state index contributed by atoms with van der Waals surface area (Å²) in [5.74, 6) is 2.66. The maximum atomic E-state index is 5.35. The van der Waals surface area contributed by atoms with Crippen molar-refractivity contribution in [2.24, 2.45) is 4.99 Å². The lowest BCUT2D eigenvalue weighted by Crippen LogP contribution is -2.38. The first kappa shape index (κ1) is 21.3. The molecule has 6 heteroatoms. The molecule has 0 radical (unpaired) electrons. The third kappa shape index (κ3) is 8.29. The van der Waals surface area contributed by atoms with Crippen molar-refractivity contribution in [2.45, 2.75) is 32.7 Å². The van der Waals surface area contributed by atoms with E-state index in [1.54, 1.807) is 13.4 Å². The van der Waals surface area contributed by atoms with Gasteiger partial charge in [0.05, 0.1) is 19.9 Å². The summed E-state index contributed by atoms with van der Waals surface area (Å²) in [5, 5.41) is 6.74. The topological polar surface area (TPSA) is 58.8 Å². The molecule has 2 rings (SSSR count). The molecule has 0 aliphatic heterocycles. The average molecular weight is 457 g/mol. The van der Waals surface area contributed by atoms with E-state index in [0.29, 0.717) is 6.54 Å². The molecular weight excluding hydrogens is 429 g/mol. The fourth-order valence-electron chi connectivity index (χ4n) is 2.26. The zero-order valence-corrected chi connectivity index (χ0v) is 17.3. The van der Waals surface area contributed by atoms with Crippen molar-refractivity contribution in [3.8, 4) is 5.75 Å². The van der Waals surface area contributed by atoms with E-state index in [9.17, 15) is 0 Å². The highest BCUT2D eigenvalue weighted by molar-refractivity contribution is 14.0. The van der Waals surface area contributed by atoms with Gasteiger partial charge in [0.15, 0.2) is 5.96 Å². The van der Waals surface area contributed by atoms with E-state index in [2.05, 4.69) is 28.6 Å². The summed E-state index contributed by atoms with van der Waals surface area (Å²) in [7, 11) is 1.68. The van der Waals surface area contributed by atoms with Gasteiger partial charge in [-0.2, -0.15) is 0 Å². The smallest absolute Gasteiger partial charge is 0.191 e. The Morgan fingerprint density at radius 3 is 2.72 bits per heavy atom. The van der Waals surface area contributed by atoms with Gasteiger partial charge in [-0.1, -0.05) is 25.5 Å². The average Bonchev–Trinajstić information content (AvgIpc) is 3.13. The summed E-state index contributed by atoms with van der Waals surface area (Å²) in [6.45, 7) is 4.49. The van der Waals surface area contributed by atoms with Crippen LogP contribution in [0, 0.1) is 0 Å². The predicted molar refractivity (Wildman–Crippen MR) is 113 cm³/mol. The highest BCUT2D eigenvalue weighted by Crippen LogP contribution is 2.13. The Morgan fingerprint density at radius 2 is 2.00 bits per heavy atom.